The standard InChI is InChI=1S/C22H25N4O4P/c1-4-29-31(30-5-2)17-11-9-16(10-12-17)15(3)25-21(27)18-14-24-20(26-22(18)28)19-8-6-7-13-23-19/h6-15H,4-5H2,1-3H3,(H,25,27)(H,24,26,28). The summed E-state index contributed by atoms with van der Waals surface area (Å²) in [6.07, 6.45) is 2.88. The summed E-state index contributed by atoms with van der Waals surface area (Å²) in [5.41, 5.74) is 0.850. The Labute approximate surface area is 182 Å². The van der Waals surface area contributed by atoms with Crippen molar-refractivity contribution < 1.29 is 13.8 Å². The fourth-order valence-corrected chi connectivity index (χ4v) is 4.09. The van der Waals surface area contributed by atoms with Gasteiger partial charge in [-0.2, -0.15) is 0 Å². The minimum absolute atomic E-state index is 0.0561. The number of hydrogen-bond acceptors (Lipinski definition) is 6. The molecule has 2 aromatic heterocycles. The van der Waals surface area contributed by atoms with Gasteiger partial charge in [0.05, 0.1) is 19.3 Å². The Morgan fingerprint density at radius 2 is 1.81 bits per heavy atom. The monoisotopic (exact) mass is 440 g/mol. The molecule has 3 aromatic rings. The zero-order valence-electron chi connectivity index (χ0n) is 17.7. The van der Waals surface area contributed by atoms with Crippen molar-refractivity contribution in [1.29, 1.82) is 0 Å². The number of rotatable bonds is 9. The predicted octanol–water partition coefficient (Wildman–Crippen LogP) is 3.33. The molecule has 3 rings (SSSR count). The second-order valence-electron chi connectivity index (χ2n) is 6.57. The average Bonchev–Trinajstić information content (AvgIpc) is 2.79. The lowest BCUT2D eigenvalue weighted by Gasteiger charge is -2.18. The van der Waals surface area contributed by atoms with Crippen LogP contribution >= 0.6 is 8.38 Å². The second-order valence-corrected chi connectivity index (χ2v) is 8.12. The number of hydrogen-bond donors (Lipinski definition) is 2. The normalized spacial score (nSPS) is 12.0. The summed E-state index contributed by atoms with van der Waals surface area (Å²) < 4.78 is 11.3. The molecule has 1 atom stereocenters. The Balaban J connectivity index is 1.69. The summed E-state index contributed by atoms with van der Waals surface area (Å²) in [7, 11) is -1.11. The van der Waals surface area contributed by atoms with E-state index in [0.29, 0.717) is 24.7 Å². The molecule has 0 aliphatic rings. The third-order valence-corrected chi connectivity index (χ3v) is 6.10. The molecule has 0 saturated heterocycles. The van der Waals surface area contributed by atoms with Crippen LogP contribution in [-0.4, -0.2) is 34.1 Å². The Hall–Kier alpha value is -2.93. The molecule has 0 aliphatic carbocycles. The Kier molecular flexibility index (Phi) is 8.00. The maximum absolute atomic E-state index is 12.6. The quantitative estimate of drug-likeness (QED) is 0.495. The van der Waals surface area contributed by atoms with Crippen molar-refractivity contribution in [3.05, 3.63) is 76.3 Å². The lowest BCUT2D eigenvalue weighted by Crippen LogP contribution is -2.32. The van der Waals surface area contributed by atoms with E-state index in [1.54, 1.807) is 24.4 Å². The highest BCUT2D eigenvalue weighted by atomic mass is 31.2. The lowest BCUT2D eigenvalue weighted by molar-refractivity contribution is 0.0938. The van der Waals surface area contributed by atoms with Gasteiger partial charge in [-0.15, -0.1) is 0 Å². The van der Waals surface area contributed by atoms with Crippen molar-refractivity contribution in [2.75, 3.05) is 13.2 Å². The summed E-state index contributed by atoms with van der Waals surface area (Å²) in [5.74, 6) is -0.185. The molecule has 0 aliphatic heterocycles. The largest absolute Gasteiger partial charge is 0.345 e. The molecule has 2 N–H and O–H groups in total. The number of amides is 1. The van der Waals surface area contributed by atoms with E-state index in [0.717, 1.165) is 10.9 Å². The van der Waals surface area contributed by atoms with Crippen molar-refractivity contribution in [3.63, 3.8) is 0 Å². The Morgan fingerprint density at radius 1 is 1.10 bits per heavy atom. The third kappa shape index (κ3) is 5.82. The number of carbonyl (C=O) groups is 1. The first kappa shape index (κ1) is 22.7. The minimum Gasteiger partial charge on any atom is -0.345 e. The number of aromatic nitrogens is 3. The fourth-order valence-electron chi connectivity index (χ4n) is 2.85. The van der Waals surface area contributed by atoms with Crippen molar-refractivity contribution in [3.8, 4) is 11.5 Å². The van der Waals surface area contributed by atoms with E-state index in [9.17, 15) is 9.59 Å². The molecule has 0 radical (unpaired) electrons. The number of nitrogens with one attached hydrogen (secondary N) is 2. The van der Waals surface area contributed by atoms with Crippen molar-refractivity contribution in [1.82, 2.24) is 20.3 Å². The van der Waals surface area contributed by atoms with E-state index in [1.165, 1.54) is 6.20 Å². The van der Waals surface area contributed by atoms with Crippen molar-refractivity contribution >= 4 is 19.6 Å². The number of nitrogens with zero attached hydrogens (tertiary/aromatic N) is 2. The van der Waals surface area contributed by atoms with Crippen LogP contribution in [0.3, 0.4) is 0 Å². The molecule has 31 heavy (non-hydrogen) atoms. The first-order valence-corrected chi connectivity index (χ1v) is 11.2. The van der Waals surface area contributed by atoms with Gasteiger partial charge in [-0.1, -0.05) is 18.2 Å². The van der Waals surface area contributed by atoms with Crippen LogP contribution in [0, 0.1) is 0 Å². The average molecular weight is 440 g/mol. The van der Waals surface area contributed by atoms with Crippen LogP contribution in [0.5, 0.6) is 0 Å². The van der Waals surface area contributed by atoms with Crippen LogP contribution in [-0.2, 0) is 9.05 Å². The molecule has 0 spiro atoms. The van der Waals surface area contributed by atoms with Crippen LogP contribution in [0.1, 0.15) is 42.7 Å². The molecule has 8 nitrogen and oxygen atoms in total. The summed E-state index contributed by atoms with van der Waals surface area (Å²) in [4.78, 5) is 36.0. The highest BCUT2D eigenvalue weighted by Gasteiger charge is 2.17. The second kappa shape index (κ2) is 10.9. The molecular formula is C22H25N4O4P. The SMILES string of the molecule is CCOP(OCC)c1ccc(C(C)NC(=O)c2cnc(-c3ccccn3)[nH]c2=O)cc1. The molecule has 0 fully saturated rings. The van der Waals surface area contributed by atoms with Gasteiger partial charge in [-0.3, -0.25) is 14.6 Å². The van der Waals surface area contributed by atoms with Gasteiger partial charge < -0.3 is 19.3 Å². The summed E-state index contributed by atoms with van der Waals surface area (Å²) >= 11 is 0. The van der Waals surface area contributed by atoms with E-state index in [1.807, 2.05) is 45.0 Å². The van der Waals surface area contributed by atoms with E-state index in [-0.39, 0.29) is 11.6 Å². The van der Waals surface area contributed by atoms with Gasteiger partial charge in [0, 0.05) is 17.7 Å². The number of benzene rings is 1. The van der Waals surface area contributed by atoms with Crippen LogP contribution in [0.25, 0.3) is 11.5 Å². The predicted molar refractivity (Wildman–Crippen MR) is 120 cm³/mol. The summed E-state index contributed by atoms with van der Waals surface area (Å²) in [6, 6.07) is 12.7. The molecular weight excluding hydrogens is 415 g/mol. The number of pyridine rings is 1. The highest BCUT2D eigenvalue weighted by Crippen LogP contribution is 2.36. The molecule has 9 heteroatoms. The van der Waals surface area contributed by atoms with Crippen LogP contribution in [0.2, 0.25) is 0 Å². The first-order valence-electron chi connectivity index (χ1n) is 10.0. The number of carbonyl (C=O) groups excluding carboxylic acids is 1. The van der Waals surface area contributed by atoms with Crippen LogP contribution in [0.4, 0.5) is 0 Å². The highest BCUT2D eigenvalue weighted by molar-refractivity contribution is 7.56. The van der Waals surface area contributed by atoms with Gasteiger partial charge in [0.1, 0.15) is 11.3 Å². The van der Waals surface area contributed by atoms with E-state index in [4.69, 9.17) is 9.05 Å². The molecule has 162 valence electrons. The minimum atomic E-state index is -1.11. The zero-order valence-corrected chi connectivity index (χ0v) is 18.6. The van der Waals surface area contributed by atoms with Crippen molar-refractivity contribution in [2.24, 2.45) is 0 Å². The van der Waals surface area contributed by atoms with Gasteiger partial charge in [-0.25, -0.2) is 4.98 Å². The van der Waals surface area contributed by atoms with Crippen LogP contribution in [0.15, 0.2) is 59.7 Å². The summed E-state index contributed by atoms with van der Waals surface area (Å²) in [5, 5.41) is 3.80. The third-order valence-electron chi connectivity index (χ3n) is 4.40. The van der Waals surface area contributed by atoms with E-state index < -0.39 is 19.8 Å². The molecule has 0 bridgehead atoms. The molecule has 0 saturated carbocycles. The zero-order chi connectivity index (χ0) is 22.2. The van der Waals surface area contributed by atoms with Crippen molar-refractivity contribution in [2.45, 2.75) is 26.8 Å². The van der Waals surface area contributed by atoms with E-state index in [2.05, 4.69) is 20.3 Å². The molecule has 1 unspecified atom stereocenters. The molecule has 2 heterocycles. The Morgan fingerprint density at radius 3 is 2.39 bits per heavy atom. The smallest absolute Gasteiger partial charge is 0.264 e. The molecule has 1 aromatic carbocycles. The van der Waals surface area contributed by atoms with Gasteiger partial charge >= 0.3 is 0 Å². The van der Waals surface area contributed by atoms with Gasteiger partial charge in [0.2, 0.25) is 8.38 Å². The van der Waals surface area contributed by atoms with E-state index >= 15 is 0 Å². The van der Waals surface area contributed by atoms with Gasteiger partial charge in [-0.05, 0) is 50.6 Å². The fraction of sp³-hybridized carbons (Fsp3) is 0.273. The maximum atomic E-state index is 12.6. The topological polar surface area (TPSA) is 106 Å². The first-order chi connectivity index (χ1) is 15.0. The lowest BCUT2D eigenvalue weighted by atomic mass is 10.1. The maximum Gasteiger partial charge on any atom is 0.264 e. The van der Waals surface area contributed by atoms with Gasteiger partial charge in [0.15, 0.2) is 5.82 Å². The number of aromatic amines is 1. The van der Waals surface area contributed by atoms with Gasteiger partial charge in [0.25, 0.3) is 11.5 Å². The van der Waals surface area contributed by atoms with Crippen LogP contribution < -0.4 is 16.2 Å². The summed E-state index contributed by atoms with van der Waals surface area (Å²) in [6.45, 7) is 6.85. The Bertz CT molecular complexity index is 1050. The molecule has 1 amide bonds. The number of H-pyrrole nitrogens is 1.